The van der Waals surface area contributed by atoms with Crippen molar-refractivity contribution < 1.29 is 4.74 Å². The number of aliphatic imine (C=N–C) groups is 1. The zero-order valence-electron chi connectivity index (χ0n) is 17.7. The first kappa shape index (κ1) is 21.2. The van der Waals surface area contributed by atoms with Crippen molar-refractivity contribution in [3.05, 3.63) is 65.7 Å². The standard InChI is InChI=1S/C24H34N4O/c1-3-25-24(26-17-20-7-5-4-6-8-20)27-18-21-13-15-28(16-14-21)19-22-9-11-23(29-2)12-10-22/h4-12,21H,3,13-19H2,1-2H3,(H2,25,26,27). The summed E-state index contributed by atoms with van der Waals surface area (Å²) < 4.78 is 5.24. The summed E-state index contributed by atoms with van der Waals surface area (Å²) in [5, 5.41) is 6.91. The number of methoxy groups -OCH3 is 1. The van der Waals surface area contributed by atoms with Crippen LogP contribution in [0.4, 0.5) is 0 Å². The third-order valence-electron chi connectivity index (χ3n) is 5.44. The zero-order valence-corrected chi connectivity index (χ0v) is 17.7. The van der Waals surface area contributed by atoms with Gasteiger partial charge in [-0.1, -0.05) is 42.5 Å². The first-order chi connectivity index (χ1) is 14.3. The van der Waals surface area contributed by atoms with E-state index in [-0.39, 0.29) is 0 Å². The lowest BCUT2D eigenvalue weighted by atomic mass is 9.96. The van der Waals surface area contributed by atoms with Gasteiger partial charge in [0.1, 0.15) is 5.75 Å². The fourth-order valence-corrected chi connectivity index (χ4v) is 3.67. The predicted octanol–water partition coefficient (Wildman–Crippen LogP) is 3.66. The molecule has 0 spiro atoms. The van der Waals surface area contributed by atoms with Crippen molar-refractivity contribution in [2.45, 2.75) is 32.9 Å². The van der Waals surface area contributed by atoms with Crippen LogP contribution < -0.4 is 15.4 Å². The molecule has 1 heterocycles. The van der Waals surface area contributed by atoms with Gasteiger partial charge in [-0.3, -0.25) is 4.90 Å². The first-order valence-electron chi connectivity index (χ1n) is 10.7. The van der Waals surface area contributed by atoms with Crippen LogP contribution in [-0.2, 0) is 13.1 Å². The Balaban J connectivity index is 1.41. The summed E-state index contributed by atoms with van der Waals surface area (Å²) in [7, 11) is 1.71. The lowest BCUT2D eigenvalue weighted by Gasteiger charge is -2.32. The number of likely N-dealkylation sites (tertiary alicyclic amines) is 1. The molecular weight excluding hydrogens is 360 g/mol. The summed E-state index contributed by atoms with van der Waals surface area (Å²) in [6.07, 6.45) is 2.45. The van der Waals surface area contributed by atoms with Crippen LogP contribution in [0.25, 0.3) is 0 Å². The van der Waals surface area contributed by atoms with Crippen LogP contribution in [0.15, 0.2) is 59.6 Å². The number of piperidine rings is 1. The average molecular weight is 395 g/mol. The molecule has 0 atom stereocenters. The van der Waals surface area contributed by atoms with Gasteiger partial charge in [0.25, 0.3) is 0 Å². The normalized spacial score (nSPS) is 15.9. The summed E-state index contributed by atoms with van der Waals surface area (Å²) >= 11 is 0. The number of nitrogens with zero attached hydrogens (tertiary/aromatic N) is 2. The van der Waals surface area contributed by atoms with E-state index in [1.165, 1.54) is 24.0 Å². The topological polar surface area (TPSA) is 48.9 Å². The minimum Gasteiger partial charge on any atom is -0.497 e. The van der Waals surface area contributed by atoms with Gasteiger partial charge >= 0.3 is 0 Å². The van der Waals surface area contributed by atoms with Crippen molar-refractivity contribution in [3.63, 3.8) is 0 Å². The van der Waals surface area contributed by atoms with Gasteiger partial charge in [0.15, 0.2) is 5.96 Å². The molecule has 156 valence electrons. The van der Waals surface area contributed by atoms with E-state index in [2.05, 4.69) is 58.9 Å². The van der Waals surface area contributed by atoms with Crippen LogP contribution >= 0.6 is 0 Å². The maximum absolute atomic E-state index is 5.24. The summed E-state index contributed by atoms with van der Waals surface area (Å²) in [6.45, 7) is 7.99. The van der Waals surface area contributed by atoms with Gasteiger partial charge in [0, 0.05) is 19.6 Å². The van der Waals surface area contributed by atoms with Crippen LogP contribution in [0.3, 0.4) is 0 Å². The monoisotopic (exact) mass is 394 g/mol. The van der Waals surface area contributed by atoms with E-state index < -0.39 is 0 Å². The Kier molecular flexibility index (Phi) is 8.38. The number of ether oxygens (including phenoxy) is 1. The number of rotatable bonds is 8. The van der Waals surface area contributed by atoms with Gasteiger partial charge < -0.3 is 15.4 Å². The van der Waals surface area contributed by atoms with Crippen molar-refractivity contribution in [1.82, 2.24) is 15.5 Å². The minimum atomic E-state index is 0.697. The molecule has 2 N–H and O–H groups in total. The molecule has 1 aliphatic heterocycles. The number of hydrogen-bond donors (Lipinski definition) is 2. The fraction of sp³-hybridized carbons (Fsp3) is 0.458. The number of nitrogens with one attached hydrogen (secondary N) is 2. The Labute approximate surface area is 175 Å². The van der Waals surface area contributed by atoms with E-state index >= 15 is 0 Å². The highest BCUT2D eigenvalue weighted by molar-refractivity contribution is 5.79. The highest BCUT2D eigenvalue weighted by atomic mass is 16.5. The Bertz CT molecular complexity index is 737. The average Bonchev–Trinajstić information content (AvgIpc) is 2.78. The summed E-state index contributed by atoms with van der Waals surface area (Å²) in [6, 6.07) is 18.8. The molecule has 3 rings (SSSR count). The third kappa shape index (κ3) is 7.09. The van der Waals surface area contributed by atoms with E-state index in [1.807, 2.05) is 18.2 Å². The number of guanidine groups is 1. The van der Waals surface area contributed by atoms with Gasteiger partial charge in [-0.15, -0.1) is 0 Å². The molecule has 29 heavy (non-hydrogen) atoms. The molecule has 0 radical (unpaired) electrons. The highest BCUT2D eigenvalue weighted by Gasteiger charge is 2.19. The summed E-state index contributed by atoms with van der Waals surface area (Å²) in [5.74, 6) is 2.53. The van der Waals surface area contributed by atoms with Crippen molar-refractivity contribution >= 4 is 5.96 Å². The molecule has 2 aromatic rings. The second-order valence-corrected chi connectivity index (χ2v) is 7.63. The van der Waals surface area contributed by atoms with E-state index in [9.17, 15) is 0 Å². The Hall–Kier alpha value is -2.53. The fourth-order valence-electron chi connectivity index (χ4n) is 3.67. The van der Waals surface area contributed by atoms with Crippen molar-refractivity contribution in [2.75, 3.05) is 33.3 Å². The molecule has 0 unspecified atom stereocenters. The second kappa shape index (κ2) is 11.5. The van der Waals surface area contributed by atoms with Gasteiger partial charge in [-0.25, -0.2) is 4.99 Å². The van der Waals surface area contributed by atoms with E-state index in [0.717, 1.165) is 44.4 Å². The molecule has 1 fully saturated rings. The lowest BCUT2D eigenvalue weighted by molar-refractivity contribution is 0.178. The van der Waals surface area contributed by atoms with Crippen molar-refractivity contribution in [2.24, 2.45) is 10.9 Å². The van der Waals surface area contributed by atoms with Gasteiger partial charge in [0.2, 0.25) is 0 Å². The predicted molar refractivity (Wildman–Crippen MR) is 120 cm³/mol. The van der Waals surface area contributed by atoms with Crippen molar-refractivity contribution in [3.8, 4) is 5.75 Å². The van der Waals surface area contributed by atoms with E-state index in [4.69, 9.17) is 9.73 Å². The molecule has 0 aromatic heterocycles. The van der Waals surface area contributed by atoms with E-state index in [0.29, 0.717) is 12.5 Å². The first-order valence-corrected chi connectivity index (χ1v) is 10.7. The molecule has 1 saturated heterocycles. The van der Waals surface area contributed by atoms with Crippen LogP contribution in [-0.4, -0.2) is 44.1 Å². The summed E-state index contributed by atoms with van der Waals surface area (Å²) in [5.41, 5.74) is 2.58. The molecular formula is C24H34N4O. The van der Waals surface area contributed by atoms with Crippen LogP contribution in [0.5, 0.6) is 5.75 Å². The van der Waals surface area contributed by atoms with E-state index in [1.54, 1.807) is 7.11 Å². The summed E-state index contributed by atoms with van der Waals surface area (Å²) in [4.78, 5) is 7.28. The second-order valence-electron chi connectivity index (χ2n) is 7.63. The van der Waals surface area contributed by atoms with Crippen LogP contribution in [0, 0.1) is 5.92 Å². The van der Waals surface area contributed by atoms with Gasteiger partial charge in [0.05, 0.1) is 13.7 Å². The maximum atomic E-state index is 5.24. The maximum Gasteiger partial charge on any atom is 0.191 e. The van der Waals surface area contributed by atoms with Gasteiger partial charge in [-0.05, 0) is 62.0 Å². The van der Waals surface area contributed by atoms with Crippen molar-refractivity contribution in [1.29, 1.82) is 0 Å². The Morgan fingerprint density at radius 1 is 1.00 bits per heavy atom. The molecule has 0 bridgehead atoms. The van der Waals surface area contributed by atoms with Gasteiger partial charge in [-0.2, -0.15) is 0 Å². The largest absolute Gasteiger partial charge is 0.497 e. The smallest absolute Gasteiger partial charge is 0.191 e. The SMILES string of the molecule is CCNC(=NCc1ccccc1)NCC1CCN(Cc2ccc(OC)cc2)CC1. The molecule has 5 heteroatoms. The Morgan fingerprint density at radius 3 is 2.38 bits per heavy atom. The molecule has 5 nitrogen and oxygen atoms in total. The molecule has 1 aliphatic rings. The molecule has 2 aromatic carbocycles. The van der Waals surface area contributed by atoms with Crippen LogP contribution in [0.2, 0.25) is 0 Å². The molecule has 0 saturated carbocycles. The number of benzene rings is 2. The minimum absolute atomic E-state index is 0.697. The lowest BCUT2D eigenvalue weighted by Crippen LogP contribution is -2.42. The molecule has 0 aliphatic carbocycles. The Morgan fingerprint density at radius 2 is 1.72 bits per heavy atom. The third-order valence-corrected chi connectivity index (χ3v) is 5.44. The molecule has 0 amide bonds. The number of hydrogen-bond acceptors (Lipinski definition) is 3. The van der Waals surface area contributed by atoms with Crippen LogP contribution in [0.1, 0.15) is 30.9 Å². The zero-order chi connectivity index (χ0) is 20.3. The quantitative estimate of drug-likeness (QED) is 0.530. The highest BCUT2D eigenvalue weighted by Crippen LogP contribution is 2.19.